The fraction of sp³-hybridized carbons (Fsp3) is 0.435. The van der Waals surface area contributed by atoms with E-state index in [-0.39, 0.29) is 16.8 Å². The molecule has 0 saturated carbocycles. The average Bonchev–Trinajstić information content (AvgIpc) is 2.61. The number of ketones is 1. The Morgan fingerprint density at radius 3 is 1.72 bits per heavy atom. The van der Waals surface area contributed by atoms with E-state index >= 15 is 0 Å². The molecule has 0 aliphatic carbocycles. The summed E-state index contributed by atoms with van der Waals surface area (Å²) in [5.41, 5.74) is 2.53. The van der Waals surface area contributed by atoms with Crippen LogP contribution in [-0.4, -0.2) is 11.4 Å². The van der Waals surface area contributed by atoms with Gasteiger partial charge in [0.15, 0.2) is 5.78 Å². The lowest BCUT2D eigenvalue weighted by Crippen LogP contribution is -2.26. The summed E-state index contributed by atoms with van der Waals surface area (Å²) in [5, 5.41) is 0. The molecule has 0 amide bonds. The molecule has 2 rings (SSSR count). The summed E-state index contributed by atoms with van der Waals surface area (Å²) in [4.78, 5) is 12.5. The van der Waals surface area contributed by atoms with Gasteiger partial charge in [0, 0.05) is 11.0 Å². The fourth-order valence-corrected chi connectivity index (χ4v) is 2.47. The van der Waals surface area contributed by atoms with Crippen LogP contribution >= 0.6 is 0 Å². The number of carbonyl (C=O) groups is 1. The molecule has 0 spiro atoms. The average molecular weight is 338 g/mol. The van der Waals surface area contributed by atoms with E-state index < -0.39 is 0 Å². The number of hydrogen-bond donors (Lipinski definition) is 0. The molecule has 2 nitrogen and oxygen atoms in total. The first kappa shape index (κ1) is 19.2. The normalized spacial score (nSPS) is 12.1. The van der Waals surface area contributed by atoms with Gasteiger partial charge in [0.05, 0.1) is 0 Å². The fourth-order valence-electron chi connectivity index (χ4n) is 2.47. The predicted octanol–water partition coefficient (Wildman–Crippen LogP) is 6.54. The van der Waals surface area contributed by atoms with Crippen molar-refractivity contribution in [1.29, 1.82) is 0 Å². The van der Waals surface area contributed by atoms with Gasteiger partial charge in [-0.1, -0.05) is 64.1 Å². The van der Waals surface area contributed by atoms with Gasteiger partial charge in [0.1, 0.15) is 11.4 Å². The van der Waals surface area contributed by atoms with Crippen molar-refractivity contribution in [2.75, 3.05) is 0 Å². The molecule has 0 heterocycles. The molecule has 0 unspecified atom stereocenters. The van der Waals surface area contributed by atoms with Crippen molar-refractivity contribution in [2.45, 2.75) is 60.0 Å². The number of hydrogen-bond acceptors (Lipinski definition) is 2. The van der Waals surface area contributed by atoms with Crippen molar-refractivity contribution >= 4 is 5.78 Å². The monoisotopic (exact) mass is 338 g/mol. The van der Waals surface area contributed by atoms with E-state index in [2.05, 4.69) is 39.8 Å². The summed E-state index contributed by atoms with van der Waals surface area (Å²) < 4.78 is 6.00. The highest BCUT2D eigenvalue weighted by atomic mass is 16.5. The van der Waals surface area contributed by atoms with Crippen LogP contribution in [0.5, 0.6) is 5.75 Å². The second-order valence-corrected chi connectivity index (χ2v) is 7.88. The minimum atomic E-state index is -0.313. The Balaban J connectivity index is 2.16. The smallest absolute Gasteiger partial charge is 0.168 e. The third-order valence-corrected chi connectivity index (χ3v) is 5.08. The van der Waals surface area contributed by atoms with Gasteiger partial charge in [0.2, 0.25) is 0 Å². The zero-order chi connectivity index (χ0) is 18.7. The molecule has 0 saturated heterocycles. The quantitative estimate of drug-likeness (QED) is 0.536. The minimum absolute atomic E-state index is 0.157. The Morgan fingerprint density at radius 1 is 0.800 bits per heavy atom. The summed E-state index contributed by atoms with van der Waals surface area (Å²) >= 11 is 0. The topological polar surface area (TPSA) is 26.3 Å². The Morgan fingerprint density at radius 2 is 1.28 bits per heavy atom. The highest BCUT2D eigenvalue weighted by Crippen LogP contribution is 2.28. The van der Waals surface area contributed by atoms with Gasteiger partial charge in [-0.15, -0.1) is 0 Å². The molecule has 2 aromatic carbocycles. The maximum atomic E-state index is 12.5. The molecular formula is C23H30O2. The maximum absolute atomic E-state index is 12.5. The van der Waals surface area contributed by atoms with E-state index in [0.29, 0.717) is 0 Å². The lowest BCUT2D eigenvalue weighted by Gasteiger charge is -2.25. The van der Waals surface area contributed by atoms with Gasteiger partial charge in [-0.3, -0.25) is 4.79 Å². The standard InChI is InChI=1S/C23H30O2/c1-7-22(3,4)21(24)19-11-9-17(10-12-19)18-13-15-20(16-14-18)25-23(5,6)8-2/h9-16H,7-8H2,1-6H3. The second-order valence-electron chi connectivity index (χ2n) is 7.88. The van der Waals surface area contributed by atoms with E-state index in [9.17, 15) is 4.79 Å². The maximum Gasteiger partial charge on any atom is 0.168 e. The molecule has 0 atom stereocenters. The molecule has 0 aliphatic heterocycles. The van der Waals surface area contributed by atoms with Gasteiger partial charge >= 0.3 is 0 Å². The van der Waals surface area contributed by atoms with E-state index in [1.54, 1.807) is 0 Å². The highest BCUT2D eigenvalue weighted by molar-refractivity contribution is 6.00. The first-order valence-corrected chi connectivity index (χ1v) is 9.13. The summed E-state index contributed by atoms with van der Waals surface area (Å²) in [6, 6.07) is 16.0. The summed E-state index contributed by atoms with van der Waals surface area (Å²) in [5.74, 6) is 1.08. The molecule has 0 aromatic heterocycles. The third-order valence-electron chi connectivity index (χ3n) is 5.08. The van der Waals surface area contributed by atoms with Crippen molar-refractivity contribution < 1.29 is 9.53 Å². The molecule has 0 aliphatic rings. The minimum Gasteiger partial charge on any atom is -0.488 e. The van der Waals surface area contributed by atoms with Crippen molar-refractivity contribution in [3.63, 3.8) is 0 Å². The van der Waals surface area contributed by atoms with Gasteiger partial charge in [-0.25, -0.2) is 0 Å². The van der Waals surface area contributed by atoms with Crippen LogP contribution < -0.4 is 4.74 Å². The SMILES string of the molecule is CCC(C)(C)Oc1ccc(-c2ccc(C(=O)C(C)(C)CC)cc2)cc1. The summed E-state index contributed by atoms with van der Waals surface area (Å²) in [6.07, 6.45) is 1.79. The first-order chi connectivity index (χ1) is 11.7. The van der Waals surface area contributed by atoms with Crippen LogP contribution in [0, 0.1) is 5.41 Å². The van der Waals surface area contributed by atoms with Crippen LogP contribution in [0.4, 0.5) is 0 Å². The number of ether oxygens (including phenoxy) is 1. The summed E-state index contributed by atoms with van der Waals surface area (Å²) in [6.45, 7) is 12.4. The van der Waals surface area contributed by atoms with Gasteiger partial charge < -0.3 is 4.74 Å². The van der Waals surface area contributed by atoms with Crippen LogP contribution in [0.15, 0.2) is 48.5 Å². The van der Waals surface area contributed by atoms with E-state index in [4.69, 9.17) is 4.74 Å². The van der Waals surface area contributed by atoms with Gasteiger partial charge in [-0.2, -0.15) is 0 Å². The molecule has 0 radical (unpaired) electrons. The molecule has 0 fully saturated rings. The molecule has 25 heavy (non-hydrogen) atoms. The molecule has 2 heteroatoms. The molecule has 0 bridgehead atoms. The Bertz CT molecular complexity index is 707. The van der Waals surface area contributed by atoms with Gasteiger partial charge in [0.25, 0.3) is 0 Å². The number of carbonyl (C=O) groups excluding carboxylic acids is 1. The van der Waals surface area contributed by atoms with E-state index in [1.165, 1.54) is 0 Å². The number of benzene rings is 2. The lowest BCUT2D eigenvalue weighted by molar-refractivity contribution is 0.0833. The number of rotatable bonds is 7. The van der Waals surface area contributed by atoms with Crippen molar-refractivity contribution in [2.24, 2.45) is 5.41 Å². The molecule has 2 aromatic rings. The molecule has 134 valence electrons. The zero-order valence-corrected chi connectivity index (χ0v) is 16.3. The van der Waals surface area contributed by atoms with Crippen LogP contribution in [0.3, 0.4) is 0 Å². The summed E-state index contributed by atoms with van der Waals surface area (Å²) in [7, 11) is 0. The predicted molar refractivity (Wildman–Crippen MR) is 105 cm³/mol. The lowest BCUT2D eigenvalue weighted by atomic mass is 9.82. The van der Waals surface area contributed by atoms with E-state index in [1.807, 2.05) is 50.2 Å². The Kier molecular flexibility index (Phi) is 5.72. The van der Waals surface area contributed by atoms with E-state index in [0.717, 1.165) is 35.3 Å². The highest BCUT2D eigenvalue weighted by Gasteiger charge is 2.26. The second kappa shape index (κ2) is 7.43. The first-order valence-electron chi connectivity index (χ1n) is 9.13. The largest absolute Gasteiger partial charge is 0.488 e. The Labute approximate surface area is 152 Å². The van der Waals surface area contributed by atoms with Crippen molar-refractivity contribution in [1.82, 2.24) is 0 Å². The van der Waals surface area contributed by atoms with Crippen LogP contribution in [-0.2, 0) is 0 Å². The molecule has 0 N–H and O–H groups in total. The van der Waals surface area contributed by atoms with Crippen LogP contribution in [0.2, 0.25) is 0 Å². The van der Waals surface area contributed by atoms with Gasteiger partial charge in [-0.05, 0) is 49.9 Å². The van der Waals surface area contributed by atoms with Crippen molar-refractivity contribution in [3.05, 3.63) is 54.1 Å². The number of Topliss-reactive ketones (excluding diaryl/α,β-unsaturated/α-hetero) is 1. The Hall–Kier alpha value is -2.09. The van der Waals surface area contributed by atoms with Crippen molar-refractivity contribution in [3.8, 4) is 16.9 Å². The van der Waals surface area contributed by atoms with Crippen LogP contribution in [0.1, 0.15) is 64.7 Å². The zero-order valence-electron chi connectivity index (χ0n) is 16.3. The van der Waals surface area contributed by atoms with Crippen LogP contribution in [0.25, 0.3) is 11.1 Å². The third kappa shape index (κ3) is 4.72. The molecular weight excluding hydrogens is 308 g/mol.